The molecule has 112 valence electrons. The molecule has 0 bridgehead atoms. The van der Waals surface area contributed by atoms with Crippen molar-refractivity contribution in [1.82, 2.24) is 0 Å². The van der Waals surface area contributed by atoms with Crippen LogP contribution in [0.25, 0.3) is 0 Å². The Morgan fingerprint density at radius 1 is 0.952 bits per heavy atom. The van der Waals surface area contributed by atoms with Gasteiger partial charge >= 0.3 is 0 Å². The summed E-state index contributed by atoms with van der Waals surface area (Å²) in [6.45, 7) is 5.13. The summed E-state index contributed by atoms with van der Waals surface area (Å²) in [4.78, 5) is 0. The van der Waals surface area contributed by atoms with Gasteiger partial charge < -0.3 is 14.6 Å². The summed E-state index contributed by atoms with van der Waals surface area (Å²) in [7, 11) is 0. The van der Waals surface area contributed by atoms with Crippen LogP contribution >= 0.6 is 15.9 Å². The van der Waals surface area contributed by atoms with E-state index in [1.807, 2.05) is 56.3 Å². The van der Waals surface area contributed by atoms with Crippen LogP contribution in [0.15, 0.2) is 46.9 Å². The predicted molar refractivity (Wildman–Crippen MR) is 87.0 cm³/mol. The van der Waals surface area contributed by atoms with Gasteiger partial charge in [0.2, 0.25) is 0 Å². The Kier molecular flexibility index (Phi) is 5.65. The zero-order valence-corrected chi connectivity index (χ0v) is 13.8. The average Bonchev–Trinajstić information content (AvgIpc) is 2.50. The van der Waals surface area contributed by atoms with Crippen molar-refractivity contribution in [2.45, 2.75) is 20.0 Å². The molecule has 2 aromatic rings. The van der Waals surface area contributed by atoms with Crippen LogP contribution in [0, 0.1) is 0 Å². The summed E-state index contributed by atoms with van der Waals surface area (Å²) in [6, 6.07) is 13.1. The molecule has 0 aliphatic heterocycles. The zero-order chi connectivity index (χ0) is 15.2. The molecular weight excluding hydrogens is 332 g/mol. The first-order chi connectivity index (χ1) is 10.2. The van der Waals surface area contributed by atoms with Gasteiger partial charge in [0.15, 0.2) is 0 Å². The zero-order valence-electron chi connectivity index (χ0n) is 12.2. The minimum absolute atomic E-state index is 0.611. The minimum Gasteiger partial charge on any atom is -0.494 e. The lowest BCUT2D eigenvalue weighted by atomic mass is 10.0. The van der Waals surface area contributed by atoms with E-state index in [-0.39, 0.29) is 0 Å². The quantitative estimate of drug-likeness (QED) is 0.842. The highest BCUT2D eigenvalue weighted by Gasteiger charge is 2.12. The topological polar surface area (TPSA) is 38.7 Å². The van der Waals surface area contributed by atoms with Gasteiger partial charge in [0.25, 0.3) is 0 Å². The molecule has 0 amide bonds. The number of halogens is 1. The maximum absolute atomic E-state index is 10.5. The van der Waals surface area contributed by atoms with Crippen LogP contribution in [-0.4, -0.2) is 18.3 Å². The van der Waals surface area contributed by atoms with Crippen LogP contribution in [0.3, 0.4) is 0 Å². The van der Waals surface area contributed by atoms with E-state index in [1.165, 1.54) is 0 Å². The van der Waals surface area contributed by atoms with Crippen molar-refractivity contribution in [3.63, 3.8) is 0 Å². The number of hydrogen-bond acceptors (Lipinski definition) is 3. The van der Waals surface area contributed by atoms with Crippen molar-refractivity contribution in [1.29, 1.82) is 0 Å². The second-order valence-corrected chi connectivity index (χ2v) is 5.38. The van der Waals surface area contributed by atoms with E-state index in [9.17, 15) is 5.11 Å². The van der Waals surface area contributed by atoms with Crippen molar-refractivity contribution < 1.29 is 14.6 Å². The van der Waals surface area contributed by atoms with Gasteiger partial charge in [0, 0.05) is 0 Å². The molecule has 1 atom stereocenters. The lowest BCUT2D eigenvalue weighted by molar-refractivity contribution is 0.220. The highest BCUT2D eigenvalue weighted by Crippen LogP contribution is 2.31. The van der Waals surface area contributed by atoms with E-state index < -0.39 is 6.10 Å². The molecule has 2 rings (SSSR count). The summed E-state index contributed by atoms with van der Waals surface area (Å²) in [5, 5.41) is 10.5. The summed E-state index contributed by atoms with van der Waals surface area (Å²) in [5.41, 5.74) is 1.64. The maximum Gasteiger partial charge on any atom is 0.133 e. The molecule has 4 heteroatoms. The van der Waals surface area contributed by atoms with Crippen LogP contribution in [0.2, 0.25) is 0 Å². The normalized spacial score (nSPS) is 12.0. The molecule has 0 aromatic heterocycles. The maximum atomic E-state index is 10.5. The average molecular weight is 351 g/mol. The van der Waals surface area contributed by atoms with E-state index in [0.717, 1.165) is 27.1 Å². The molecule has 21 heavy (non-hydrogen) atoms. The monoisotopic (exact) mass is 350 g/mol. The number of hydrogen-bond donors (Lipinski definition) is 1. The van der Waals surface area contributed by atoms with Crippen LogP contribution in [0.1, 0.15) is 31.1 Å². The number of rotatable bonds is 6. The molecule has 0 aliphatic rings. The fourth-order valence-electron chi connectivity index (χ4n) is 2.07. The number of aliphatic hydroxyl groups is 1. The minimum atomic E-state index is -0.673. The molecule has 0 aliphatic carbocycles. The molecule has 0 spiro atoms. The van der Waals surface area contributed by atoms with Gasteiger partial charge in [0.05, 0.1) is 17.7 Å². The van der Waals surface area contributed by atoms with Crippen LogP contribution in [0.5, 0.6) is 11.5 Å². The molecule has 0 fully saturated rings. The van der Waals surface area contributed by atoms with Gasteiger partial charge in [-0.2, -0.15) is 0 Å². The third kappa shape index (κ3) is 3.99. The Morgan fingerprint density at radius 2 is 1.57 bits per heavy atom. The number of aliphatic hydroxyl groups excluding tert-OH is 1. The SMILES string of the molecule is CCOc1ccc(C(O)c2ccc(OCC)c(Br)c2)cc1. The molecule has 3 nitrogen and oxygen atoms in total. The summed E-state index contributed by atoms with van der Waals surface area (Å²) in [5.74, 6) is 1.58. The van der Waals surface area contributed by atoms with Crippen LogP contribution < -0.4 is 9.47 Å². The van der Waals surface area contributed by atoms with Gasteiger partial charge in [-0.1, -0.05) is 18.2 Å². The van der Waals surface area contributed by atoms with Crippen molar-refractivity contribution in [2.75, 3.05) is 13.2 Å². The highest BCUT2D eigenvalue weighted by atomic mass is 79.9. The van der Waals surface area contributed by atoms with E-state index in [2.05, 4.69) is 15.9 Å². The van der Waals surface area contributed by atoms with Gasteiger partial charge in [0.1, 0.15) is 17.6 Å². The first-order valence-electron chi connectivity index (χ1n) is 6.98. The molecule has 0 radical (unpaired) electrons. The highest BCUT2D eigenvalue weighted by molar-refractivity contribution is 9.10. The summed E-state index contributed by atoms with van der Waals surface area (Å²) >= 11 is 3.47. The molecule has 0 saturated heterocycles. The predicted octanol–water partition coefficient (Wildman–Crippen LogP) is 4.33. The standard InChI is InChI=1S/C17H19BrO3/c1-3-20-14-8-5-12(6-9-14)17(19)13-7-10-16(21-4-2)15(18)11-13/h5-11,17,19H,3-4H2,1-2H3. The van der Waals surface area contributed by atoms with Gasteiger partial charge in [-0.05, 0) is 65.2 Å². The first kappa shape index (κ1) is 15.9. The van der Waals surface area contributed by atoms with Gasteiger partial charge in [-0.15, -0.1) is 0 Å². The van der Waals surface area contributed by atoms with Gasteiger partial charge in [-0.3, -0.25) is 0 Å². The number of benzene rings is 2. The third-order valence-corrected chi connectivity index (χ3v) is 3.70. The van der Waals surface area contributed by atoms with Crippen molar-refractivity contribution in [2.24, 2.45) is 0 Å². The molecule has 1 N–H and O–H groups in total. The Balaban J connectivity index is 2.19. The Morgan fingerprint density at radius 3 is 2.14 bits per heavy atom. The van der Waals surface area contributed by atoms with Gasteiger partial charge in [-0.25, -0.2) is 0 Å². The van der Waals surface area contributed by atoms with Crippen molar-refractivity contribution in [3.8, 4) is 11.5 Å². The van der Waals surface area contributed by atoms with E-state index >= 15 is 0 Å². The lowest BCUT2D eigenvalue weighted by Gasteiger charge is -2.14. The lowest BCUT2D eigenvalue weighted by Crippen LogP contribution is -2.01. The first-order valence-corrected chi connectivity index (χ1v) is 7.78. The molecule has 0 heterocycles. The fourth-order valence-corrected chi connectivity index (χ4v) is 2.58. The summed E-state index contributed by atoms with van der Waals surface area (Å²) in [6.07, 6.45) is -0.673. The smallest absolute Gasteiger partial charge is 0.133 e. The Bertz CT molecular complexity index is 581. The number of ether oxygens (including phenoxy) is 2. The third-order valence-electron chi connectivity index (χ3n) is 3.08. The second-order valence-electron chi connectivity index (χ2n) is 4.53. The molecular formula is C17H19BrO3. The molecule has 0 saturated carbocycles. The van der Waals surface area contributed by atoms with Crippen LogP contribution in [0.4, 0.5) is 0 Å². The Hall–Kier alpha value is -1.52. The van der Waals surface area contributed by atoms with Crippen LogP contribution in [-0.2, 0) is 0 Å². The second kappa shape index (κ2) is 7.48. The fraction of sp³-hybridized carbons (Fsp3) is 0.294. The molecule has 2 aromatic carbocycles. The largest absolute Gasteiger partial charge is 0.494 e. The van der Waals surface area contributed by atoms with Crippen molar-refractivity contribution in [3.05, 3.63) is 58.1 Å². The van der Waals surface area contributed by atoms with Crippen molar-refractivity contribution >= 4 is 15.9 Å². The van der Waals surface area contributed by atoms with E-state index in [1.54, 1.807) is 0 Å². The van der Waals surface area contributed by atoms with E-state index in [4.69, 9.17) is 9.47 Å². The molecule has 1 unspecified atom stereocenters. The Labute approximate surface area is 133 Å². The van der Waals surface area contributed by atoms with E-state index in [0.29, 0.717) is 13.2 Å². The summed E-state index contributed by atoms with van der Waals surface area (Å²) < 4.78 is 11.7.